The smallest absolute Gasteiger partial charge is 0.242 e. The van der Waals surface area contributed by atoms with Crippen molar-refractivity contribution in [3.8, 4) is 0 Å². The predicted octanol–water partition coefficient (Wildman–Crippen LogP) is 2.09. The molecule has 4 nitrogen and oxygen atoms in total. The second kappa shape index (κ2) is 3.90. The predicted molar refractivity (Wildman–Crippen MR) is 55.8 cm³/mol. The Labute approximate surface area is 88.3 Å². The number of halogens is 1. The number of hydrogen-bond acceptors (Lipinski definition) is 3. The van der Waals surface area contributed by atoms with Crippen LogP contribution in [-0.4, -0.2) is 18.0 Å². The van der Waals surface area contributed by atoms with Gasteiger partial charge in [0.2, 0.25) is 9.05 Å². The number of imidazole rings is 1. The zero-order valence-electron chi connectivity index (χ0n) is 8.31. The Morgan fingerprint density at radius 2 is 2.00 bits per heavy atom. The third-order valence-electron chi connectivity index (χ3n) is 2.04. The highest BCUT2D eigenvalue weighted by molar-refractivity contribution is 8.13. The van der Waals surface area contributed by atoms with E-state index >= 15 is 0 Å². The van der Waals surface area contributed by atoms with Gasteiger partial charge >= 0.3 is 0 Å². The summed E-state index contributed by atoms with van der Waals surface area (Å²) in [6.07, 6.45) is 3.33. The maximum Gasteiger partial charge on any atom is 0.242 e. The van der Waals surface area contributed by atoms with Crippen molar-refractivity contribution in [2.24, 2.45) is 0 Å². The van der Waals surface area contributed by atoms with Crippen LogP contribution in [0.5, 0.6) is 0 Å². The van der Waals surface area contributed by atoms with Gasteiger partial charge in [-0.1, -0.05) is 0 Å². The standard InChI is InChI=1S/C8H13ClN2O2S/c1-6(2)11-5-4-10-8(11)7(3)14(9,12)13/h4-7H,1-3H3/t7-/m1/s1. The van der Waals surface area contributed by atoms with E-state index in [4.69, 9.17) is 10.7 Å². The number of nitrogens with zero attached hydrogens (tertiary/aromatic N) is 2. The topological polar surface area (TPSA) is 52.0 Å². The summed E-state index contributed by atoms with van der Waals surface area (Å²) in [5.41, 5.74) is 0. The van der Waals surface area contributed by atoms with E-state index in [0.29, 0.717) is 5.82 Å². The highest BCUT2D eigenvalue weighted by Gasteiger charge is 2.24. The molecule has 0 aromatic carbocycles. The molecular weight excluding hydrogens is 224 g/mol. The van der Waals surface area contributed by atoms with Crippen LogP contribution in [0.2, 0.25) is 0 Å². The Balaban J connectivity index is 3.14. The van der Waals surface area contributed by atoms with Crippen molar-refractivity contribution in [1.29, 1.82) is 0 Å². The summed E-state index contributed by atoms with van der Waals surface area (Å²) in [6, 6.07) is 0.174. The molecule has 1 atom stereocenters. The van der Waals surface area contributed by atoms with Gasteiger partial charge < -0.3 is 4.57 Å². The van der Waals surface area contributed by atoms with Crippen LogP contribution in [0.25, 0.3) is 0 Å². The van der Waals surface area contributed by atoms with Crippen LogP contribution in [0.4, 0.5) is 0 Å². The van der Waals surface area contributed by atoms with E-state index in [-0.39, 0.29) is 6.04 Å². The highest BCUT2D eigenvalue weighted by atomic mass is 35.7. The van der Waals surface area contributed by atoms with Gasteiger partial charge in [0.05, 0.1) is 0 Å². The first-order valence-electron chi connectivity index (χ1n) is 4.30. The molecule has 0 spiro atoms. The first-order chi connectivity index (χ1) is 6.34. The Morgan fingerprint density at radius 1 is 1.43 bits per heavy atom. The van der Waals surface area contributed by atoms with Crippen LogP contribution < -0.4 is 0 Å². The fourth-order valence-corrected chi connectivity index (χ4v) is 1.88. The van der Waals surface area contributed by atoms with Crippen molar-refractivity contribution >= 4 is 19.7 Å². The lowest BCUT2D eigenvalue weighted by Crippen LogP contribution is -2.12. The lowest BCUT2D eigenvalue weighted by atomic mass is 10.3. The van der Waals surface area contributed by atoms with Gasteiger partial charge in [0.1, 0.15) is 11.1 Å². The van der Waals surface area contributed by atoms with Crippen molar-refractivity contribution in [3.05, 3.63) is 18.2 Å². The van der Waals surface area contributed by atoms with Crippen LogP contribution in [0, 0.1) is 0 Å². The summed E-state index contributed by atoms with van der Waals surface area (Å²) in [7, 11) is 1.68. The van der Waals surface area contributed by atoms with Crippen molar-refractivity contribution in [2.45, 2.75) is 32.1 Å². The average molecular weight is 237 g/mol. The lowest BCUT2D eigenvalue weighted by molar-refractivity contribution is 0.554. The quantitative estimate of drug-likeness (QED) is 0.756. The molecule has 0 bridgehead atoms. The Hall–Kier alpha value is -0.550. The number of rotatable bonds is 3. The van der Waals surface area contributed by atoms with E-state index in [9.17, 15) is 8.42 Å². The molecule has 1 heterocycles. The van der Waals surface area contributed by atoms with E-state index in [2.05, 4.69) is 4.98 Å². The summed E-state index contributed by atoms with van der Waals surface area (Å²) < 4.78 is 24.0. The summed E-state index contributed by atoms with van der Waals surface area (Å²) in [4.78, 5) is 4.00. The van der Waals surface area contributed by atoms with Gasteiger partial charge in [0.25, 0.3) is 0 Å². The van der Waals surface area contributed by atoms with Crippen LogP contribution in [0.15, 0.2) is 12.4 Å². The normalized spacial score (nSPS) is 14.6. The molecule has 0 radical (unpaired) electrons. The molecule has 0 amide bonds. The largest absolute Gasteiger partial charge is 0.331 e. The minimum absolute atomic E-state index is 0.174. The molecule has 80 valence electrons. The van der Waals surface area contributed by atoms with Crippen LogP contribution in [0.3, 0.4) is 0 Å². The molecule has 0 fully saturated rings. The summed E-state index contributed by atoms with van der Waals surface area (Å²) in [6.45, 7) is 5.45. The van der Waals surface area contributed by atoms with E-state index in [1.54, 1.807) is 17.0 Å². The lowest BCUT2D eigenvalue weighted by Gasteiger charge is -2.14. The van der Waals surface area contributed by atoms with Gasteiger partial charge in [0.15, 0.2) is 0 Å². The van der Waals surface area contributed by atoms with Crippen molar-refractivity contribution in [2.75, 3.05) is 0 Å². The fourth-order valence-electron chi connectivity index (χ4n) is 1.20. The molecule has 0 saturated carbocycles. The summed E-state index contributed by atoms with van der Waals surface area (Å²) >= 11 is 0. The SMILES string of the molecule is CC(C)n1ccnc1[C@@H](C)S(=O)(=O)Cl. The Kier molecular flexibility index (Phi) is 3.21. The third-order valence-corrected chi connectivity index (χ3v) is 3.90. The zero-order valence-corrected chi connectivity index (χ0v) is 9.88. The second-order valence-electron chi connectivity index (χ2n) is 3.40. The Morgan fingerprint density at radius 3 is 2.43 bits per heavy atom. The molecular formula is C8H13ClN2O2S. The van der Waals surface area contributed by atoms with Crippen LogP contribution in [-0.2, 0) is 9.05 Å². The molecule has 1 aromatic rings. The van der Waals surface area contributed by atoms with E-state index in [1.165, 1.54) is 6.92 Å². The van der Waals surface area contributed by atoms with Gasteiger partial charge in [-0.05, 0) is 20.8 Å². The molecule has 1 aromatic heterocycles. The Bertz CT molecular complexity index is 411. The van der Waals surface area contributed by atoms with Gasteiger partial charge in [-0.2, -0.15) is 0 Å². The minimum atomic E-state index is -3.59. The molecule has 6 heteroatoms. The number of hydrogen-bond donors (Lipinski definition) is 0. The molecule has 0 aliphatic rings. The van der Waals surface area contributed by atoms with E-state index < -0.39 is 14.3 Å². The molecule has 14 heavy (non-hydrogen) atoms. The van der Waals surface area contributed by atoms with Crippen molar-refractivity contribution in [1.82, 2.24) is 9.55 Å². The number of aromatic nitrogens is 2. The maximum atomic E-state index is 11.1. The first kappa shape index (κ1) is 11.5. The minimum Gasteiger partial charge on any atom is -0.331 e. The molecule has 0 unspecified atom stereocenters. The first-order valence-corrected chi connectivity index (χ1v) is 6.67. The van der Waals surface area contributed by atoms with E-state index in [1.807, 2.05) is 13.8 Å². The molecule has 0 aliphatic carbocycles. The van der Waals surface area contributed by atoms with Crippen LogP contribution >= 0.6 is 10.7 Å². The molecule has 0 aliphatic heterocycles. The molecule has 0 N–H and O–H groups in total. The van der Waals surface area contributed by atoms with Gasteiger partial charge in [0, 0.05) is 29.1 Å². The van der Waals surface area contributed by atoms with Crippen molar-refractivity contribution < 1.29 is 8.42 Å². The van der Waals surface area contributed by atoms with Crippen LogP contribution in [0.1, 0.15) is 37.9 Å². The average Bonchev–Trinajstić information content (AvgIpc) is 2.48. The summed E-state index contributed by atoms with van der Waals surface area (Å²) in [5.74, 6) is 0.481. The maximum absolute atomic E-state index is 11.1. The third kappa shape index (κ3) is 2.27. The zero-order chi connectivity index (χ0) is 10.9. The summed E-state index contributed by atoms with van der Waals surface area (Å²) in [5, 5.41) is -0.776. The highest BCUT2D eigenvalue weighted by Crippen LogP contribution is 2.25. The fraction of sp³-hybridized carbons (Fsp3) is 0.625. The van der Waals surface area contributed by atoms with E-state index in [0.717, 1.165) is 0 Å². The van der Waals surface area contributed by atoms with Gasteiger partial charge in [-0.3, -0.25) is 0 Å². The van der Waals surface area contributed by atoms with Gasteiger partial charge in [-0.25, -0.2) is 13.4 Å². The molecule has 1 rings (SSSR count). The van der Waals surface area contributed by atoms with Crippen molar-refractivity contribution in [3.63, 3.8) is 0 Å². The second-order valence-corrected chi connectivity index (χ2v) is 6.35. The monoisotopic (exact) mass is 236 g/mol. The van der Waals surface area contributed by atoms with Gasteiger partial charge in [-0.15, -0.1) is 0 Å². The molecule has 0 saturated heterocycles.